The van der Waals surface area contributed by atoms with Crippen LogP contribution in [-0.2, 0) is 17.8 Å². The first kappa shape index (κ1) is 18.0. The van der Waals surface area contributed by atoms with E-state index < -0.39 is 5.97 Å². The molecule has 0 bridgehead atoms. The normalized spacial score (nSPS) is 13.1. The molecule has 0 saturated carbocycles. The zero-order chi connectivity index (χ0) is 19.8. The van der Waals surface area contributed by atoms with E-state index in [0.717, 1.165) is 10.9 Å². The van der Waals surface area contributed by atoms with Crippen LogP contribution in [0.5, 0.6) is 5.75 Å². The number of rotatable bonds is 5. The second-order valence-electron chi connectivity index (χ2n) is 6.66. The Kier molecular flexibility index (Phi) is 4.47. The van der Waals surface area contributed by atoms with Crippen LogP contribution in [0.3, 0.4) is 0 Å². The standard InChI is InChI=1S/C22H18FNO4/c1-2-28-21-17-8-5-15(23)10-14(17)11-18-19(21)12-24(22(18)27)16-6-3-13(4-7-16)9-20(25)26/h3-8,10-11H,2,9,12H2,1H3,(H,25,26). The van der Waals surface area contributed by atoms with Crippen molar-refractivity contribution in [2.24, 2.45) is 0 Å². The minimum Gasteiger partial charge on any atom is -0.493 e. The third-order valence-corrected chi connectivity index (χ3v) is 4.84. The summed E-state index contributed by atoms with van der Waals surface area (Å²) in [7, 11) is 0. The van der Waals surface area contributed by atoms with Crippen LogP contribution in [0, 0.1) is 5.82 Å². The Bertz CT molecular complexity index is 1090. The Balaban J connectivity index is 1.76. The van der Waals surface area contributed by atoms with Gasteiger partial charge in [0.15, 0.2) is 0 Å². The van der Waals surface area contributed by atoms with Crippen molar-refractivity contribution >= 4 is 28.3 Å². The average molecular weight is 379 g/mol. The lowest BCUT2D eigenvalue weighted by Crippen LogP contribution is -2.22. The maximum absolute atomic E-state index is 13.7. The van der Waals surface area contributed by atoms with Crippen LogP contribution in [0.25, 0.3) is 10.8 Å². The smallest absolute Gasteiger partial charge is 0.307 e. The van der Waals surface area contributed by atoms with Crippen molar-refractivity contribution in [3.63, 3.8) is 0 Å². The van der Waals surface area contributed by atoms with Crippen LogP contribution in [-0.4, -0.2) is 23.6 Å². The van der Waals surface area contributed by atoms with Crippen LogP contribution in [0.15, 0.2) is 48.5 Å². The number of carbonyl (C=O) groups excluding carboxylic acids is 1. The molecule has 1 N–H and O–H groups in total. The molecule has 0 atom stereocenters. The summed E-state index contributed by atoms with van der Waals surface area (Å²) in [6, 6.07) is 13.0. The Hall–Kier alpha value is -3.41. The van der Waals surface area contributed by atoms with Gasteiger partial charge in [0, 0.05) is 22.2 Å². The maximum Gasteiger partial charge on any atom is 0.307 e. The highest BCUT2D eigenvalue weighted by molar-refractivity contribution is 6.13. The molecule has 0 aromatic heterocycles. The molecule has 0 aliphatic carbocycles. The lowest BCUT2D eigenvalue weighted by Gasteiger charge is -2.16. The summed E-state index contributed by atoms with van der Waals surface area (Å²) in [5.74, 6) is -0.856. The third-order valence-electron chi connectivity index (χ3n) is 4.84. The predicted octanol–water partition coefficient (Wildman–Crippen LogP) is 4.17. The summed E-state index contributed by atoms with van der Waals surface area (Å²) in [6.45, 7) is 2.64. The van der Waals surface area contributed by atoms with Crippen molar-refractivity contribution in [3.8, 4) is 5.75 Å². The molecule has 6 heteroatoms. The van der Waals surface area contributed by atoms with Gasteiger partial charge in [0.1, 0.15) is 11.6 Å². The molecule has 5 nitrogen and oxygen atoms in total. The Labute approximate surface area is 161 Å². The number of fused-ring (bicyclic) bond motifs is 2. The fourth-order valence-corrected chi connectivity index (χ4v) is 3.60. The van der Waals surface area contributed by atoms with E-state index in [0.29, 0.717) is 41.1 Å². The summed E-state index contributed by atoms with van der Waals surface area (Å²) in [4.78, 5) is 25.5. The quantitative estimate of drug-likeness (QED) is 0.723. The number of halogens is 1. The van der Waals surface area contributed by atoms with Gasteiger partial charge in [-0.15, -0.1) is 0 Å². The molecule has 1 aliphatic heterocycles. The molecule has 1 heterocycles. The largest absolute Gasteiger partial charge is 0.493 e. The van der Waals surface area contributed by atoms with Crippen molar-refractivity contribution in [3.05, 3.63) is 71.0 Å². The monoisotopic (exact) mass is 379 g/mol. The Morgan fingerprint density at radius 1 is 1.18 bits per heavy atom. The number of carboxylic acid groups (broad SMARTS) is 1. The lowest BCUT2D eigenvalue weighted by molar-refractivity contribution is -0.136. The number of nitrogens with zero attached hydrogens (tertiary/aromatic N) is 1. The number of hydrogen-bond acceptors (Lipinski definition) is 3. The maximum atomic E-state index is 13.7. The molecular formula is C22H18FNO4. The van der Waals surface area contributed by atoms with E-state index in [-0.39, 0.29) is 18.1 Å². The Morgan fingerprint density at radius 3 is 2.61 bits per heavy atom. The number of amides is 1. The van der Waals surface area contributed by atoms with Gasteiger partial charge in [-0.2, -0.15) is 0 Å². The van der Waals surface area contributed by atoms with Crippen molar-refractivity contribution in [2.75, 3.05) is 11.5 Å². The van der Waals surface area contributed by atoms with Gasteiger partial charge < -0.3 is 14.7 Å². The second-order valence-corrected chi connectivity index (χ2v) is 6.66. The molecule has 1 amide bonds. The lowest BCUT2D eigenvalue weighted by atomic mass is 10.0. The molecule has 0 fully saturated rings. The van der Waals surface area contributed by atoms with Gasteiger partial charge in [-0.1, -0.05) is 12.1 Å². The molecule has 0 radical (unpaired) electrons. The van der Waals surface area contributed by atoms with Gasteiger partial charge in [0.2, 0.25) is 0 Å². The number of aliphatic carboxylic acids is 1. The van der Waals surface area contributed by atoms with E-state index in [2.05, 4.69) is 0 Å². The van der Waals surface area contributed by atoms with Gasteiger partial charge in [-0.25, -0.2) is 4.39 Å². The van der Waals surface area contributed by atoms with E-state index in [1.165, 1.54) is 12.1 Å². The number of anilines is 1. The second kappa shape index (κ2) is 6.96. The van der Waals surface area contributed by atoms with Gasteiger partial charge >= 0.3 is 5.97 Å². The number of carbonyl (C=O) groups is 2. The first-order valence-corrected chi connectivity index (χ1v) is 8.98. The summed E-state index contributed by atoms with van der Waals surface area (Å²) in [5, 5.41) is 10.3. The fourth-order valence-electron chi connectivity index (χ4n) is 3.60. The fraction of sp³-hybridized carbons (Fsp3) is 0.182. The summed E-state index contributed by atoms with van der Waals surface area (Å²) in [5.41, 5.74) is 2.61. The molecule has 142 valence electrons. The molecule has 28 heavy (non-hydrogen) atoms. The third kappa shape index (κ3) is 3.07. The highest BCUT2D eigenvalue weighted by Gasteiger charge is 2.32. The summed E-state index contributed by atoms with van der Waals surface area (Å²) in [6.07, 6.45) is -0.0695. The predicted molar refractivity (Wildman–Crippen MR) is 103 cm³/mol. The van der Waals surface area contributed by atoms with Crippen LogP contribution in [0.2, 0.25) is 0 Å². The first-order valence-electron chi connectivity index (χ1n) is 8.98. The summed E-state index contributed by atoms with van der Waals surface area (Å²) >= 11 is 0. The molecule has 0 unspecified atom stereocenters. The molecule has 0 saturated heterocycles. The zero-order valence-corrected chi connectivity index (χ0v) is 15.2. The summed E-state index contributed by atoms with van der Waals surface area (Å²) < 4.78 is 19.5. The first-order chi connectivity index (χ1) is 13.5. The molecule has 0 spiro atoms. The number of hydrogen-bond donors (Lipinski definition) is 1. The van der Waals surface area contributed by atoms with Gasteiger partial charge in [0.25, 0.3) is 5.91 Å². The molecule has 3 aromatic rings. The van der Waals surface area contributed by atoms with Crippen LogP contribution >= 0.6 is 0 Å². The van der Waals surface area contributed by atoms with Crippen LogP contribution in [0.1, 0.15) is 28.4 Å². The molecule has 4 rings (SSSR count). The molecular weight excluding hydrogens is 361 g/mol. The van der Waals surface area contributed by atoms with Gasteiger partial charge in [-0.3, -0.25) is 9.59 Å². The van der Waals surface area contributed by atoms with E-state index >= 15 is 0 Å². The topological polar surface area (TPSA) is 66.8 Å². The van der Waals surface area contributed by atoms with E-state index in [4.69, 9.17) is 9.84 Å². The molecule has 1 aliphatic rings. The van der Waals surface area contributed by atoms with Crippen molar-refractivity contribution in [2.45, 2.75) is 19.9 Å². The van der Waals surface area contributed by atoms with Gasteiger partial charge in [-0.05, 0) is 54.3 Å². The van der Waals surface area contributed by atoms with Crippen molar-refractivity contribution in [1.29, 1.82) is 0 Å². The SMILES string of the molecule is CCOc1c2c(cc3cc(F)ccc13)C(=O)N(c1ccc(CC(=O)O)cc1)C2. The van der Waals surface area contributed by atoms with E-state index in [1.807, 2.05) is 6.92 Å². The number of carboxylic acids is 1. The van der Waals surface area contributed by atoms with Crippen LogP contribution in [0.4, 0.5) is 10.1 Å². The minimum absolute atomic E-state index is 0.0695. The van der Waals surface area contributed by atoms with E-state index in [9.17, 15) is 14.0 Å². The average Bonchev–Trinajstić information content (AvgIpc) is 2.98. The van der Waals surface area contributed by atoms with Crippen LogP contribution < -0.4 is 9.64 Å². The highest BCUT2D eigenvalue weighted by atomic mass is 19.1. The zero-order valence-electron chi connectivity index (χ0n) is 15.2. The molecule has 3 aromatic carbocycles. The van der Waals surface area contributed by atoms with Crippen molar-refractivity contribution in [1.82, 2.24) is 0 Å². The van der Waals surface area contributed by atoms with E-state index in [1.54, 1.807) is 41.3 Å². The number of ether oxygens (including phenoxy) is 1. The Morgan fingerprint density at radius 2 is 1.93 bits per heavy atom. The van der Waals surface area contributed by atoms with Gasteiger partial charge in [0.05, 0.1) is 19.6 Å². The van der Waals surface area contributed by atoms with Crippen molar-refractivity contribution < 1.29 is 23.8 Å². The highest BCUT2D eigenvalue weighted by Crippen LogP contribution is 2.39. The minimum atomic E-state index is -0.905. The number of benzene rings is 3.